The second-order valence-electron chi connectivity index (χ2n) is 8.28. The van der Waals surface area contributed by atoms with Gasteiger partial charge in [0.25, 0.3) is 0 Å². The fourth-order valence-corrected chi connectivity index (χ4v) is 7.23. The molecule has 2 aliphatic rings. The van der Waals surface area contributed by atoms with E-state index < -0.39 is 8.07 Å². The summed E-state index contributed by atoms with van der Waals surface area (Å²) in [5.74, 6) is 0.958. The number of hydrogen-bond acceptors (Lipinski definition) is 3. The van der Waals surface area contributed by atoms with Gasteiger partial charge in [-0.1, -0.05) is 97.4 Å². The van der Waals surface area contributed by atoms with Gasteiger partial charge in [0.15, 0.2) is 0 Å². The first-order chi connectivity index (χ1) is 15.4. The molecule has 0 radical (unpaired) electrons. The Hall–Kier alpha value is -2.48. The van der Waals surface area contributed by atoms with Gasteiger partial charge >= 0.3 is 0 Å². The van der Waals surface area contributed by atoms with Gasteiger partial charge in [0.2, 0.25) is 5.90 Å². The molecule has 0 aliphatic carbocycles. The van der Waals surface area contributed by atoms with Crippen molar-refractivity contribution >= 4 is 24.6 Å². The Morgan fingerprint density at radius 2 is 1.42 bits per heavy atom. The minimum Gasteiger partial charge on any atom is -0.478 e. The molecule has 31 heavy (non-hydrogen) atoms. The highest BCUT2D eigenvalue weighted by molar-refractivity contribution is 7.70. The lowest BCUT2D eigenvalue weighted by molar-refractivity contribution is 0.254. The van der Waals surface area contributed by atoms with E-state index in [1.165, 1.54) is 29.0 Å². The summed E-state index contributed by atoms with van der Waals surface area (Å²) in [5, 5.41) is 2.80. The minimum absolute atomic E-state index is 0.223. The number of nitrogens with zero attached hydrogens (tertiary/aromatic N) is 2. The maximum atomic E-state index is 6.25. The van der Waals surface area contributed by atoms with E-state index in [1.807, 2.05) is 0 Å². The van der Waals surface area contributed by atoms with E-state index >= 15 is 0 Å². The Morgan fingerprint density at radius 3 is 2.06 bits per heavy atom. The Kier molecular flexibility index (Phi) is 6.43. The van der Waals surface area contributed by atoms with Crippen LogP contribution in [0.2, 0.25) is 0 Å². The third-order valence-electron chi connectivity index (χ3n) is 6.07. The molecule has 0 saturated carbocycles. The molecule has 0 unspecified atom stereocenters. The van der Waals surface area contributed by atoms with E-state index in [0.29, 0.717) is 6.61 Å². The van der Waals surface area contributed by atoms with Crippen LogP contribution in [-0.2, 0) is 11.2 Å². The van der Waals surface area contributed by atoms with Gasteiger partial charge in [-0.2, -0.15) is 0 Å². The lowest BCUT2D eigenvalue weighted by atomic mass is 10.0. The number of hydrogen-bond donors (Lipinski definition) is 0. The highest BCUT2D eigenvalue weighted by atomic mass is 31.1. The minimum atomic E-state index is -0.614. The zero-order valence-electron chi connectivity index (χ0n) is 17.8. The predicted molar refractivity (Wildman–Crippen MR) is 131 cm³/mol. The molecular formula is C27H29N2OP. The van der Waals surface area contributed by atoms with Crippen LogP contribution in [-0.4, -0.2) is 35.8 Å². The molecule has 2 aliphatic heterocycles. The molecule has 3 aromatic carbocycles. The van der Waals surface area contributed by atoms with E-state index in [-0.39, 0.29) is 12.1 Å². The molecule has 0 spiro atoms. The lowest BCUT2D eigenvalue weighted by Gasteiger charge is -2.40. The molecule has 2 atom stereocenters. The number of rotatable bonds is 6. The first kappa shape index (κ1) is 20.4. The van der Waals surface area contributed by atoms with Crippen LogP contribution in [0.1, 0.15) is 24.8 Å². The standard InChI is InChI=1S/C27H29N2OP/c1-4-12-22(13-5-1)20-23-21-30-27(28-23)26-18-10-11-19-29(26)31(24-14-6-2-7-15-24)25-16-8-3-9-17-25/h1-9,12-17,23,26H,10-11,18-21H2/t23-,26+/m1/s1. The maximum Gasteiger partial charge on any atom is 0.201 e. The Balaban J connectivity index is 1.43. The van der Waals surface area contributed by atoms with Crippen molar-refractivity contribution in [2.75, 3.05) is 13.2 Å². The van der Waals surface area contributed by atoms with Gasteiger partial charge in [-0.25, -0.2) is 4.99 Å². The van der Waals surface area contributed by atoms with Crippen LogP contribution >= 0.6 is 8.07 Å². The highest BCUT2D eigenvalue weighted by Gasteiger charge is 2.37. The molecule has 5 rings (SSSR count). The average Bonchev–Trinajstić information content (AvgIpc) is 3.30. The maximum absolute atomic E-state index is 6.25. The number of aliphatic imine (C=N–C) groups is 1. The highest BCUT2D eigenvalue weighted by Crippen LogP contribution is 2.43. The molecular weight excluding hydrogens is 399 g/mol. The van der Waals surface area contributed by atoms with Gasteiger partial charge < -0.3 is 4.74 Å². The molecule has 0 aromatic heterocycles. The van der Waals surface area contributed by atoms with Crippen molar-refractivity contribution in [1.82, 2.24) is 4.67 Å². The molecule has 1 saturated heterocycles. The molecule has 4 heteroatoms. The van der Waals surface area contributed by atoms with E-state index in [1.54, 1.807) is 0 Å². The number of benzene rings is 3. The van der Waals surface area contributed by atoms with Gasteiger partial charge in [-0.3, -0.25) is 4.67 Å². The van der Waals surface area contributed by atoms with Crippen LogP contribution in [0.25, 0.3) is 0 Å². The van der Waals surface area contributed by atoms with Gasteiger partial charge in [0, 0.05) is 14.6 Å². The van der Waals surface area contributed by atoms with Crippen molar-refractivity contribution in [2.24, 2.45) is 4.99 Å². The van der Waals surface area contributed by atoms with Crippen molar-refractivity contribution in [3.8, 4) is 0 Å². The summed E-state index contributed by atoms with van der Waals surface area (Å²) in [6.45, 7) is 1.79. The van der Waals surface area contributed by atoms with Crippen molar-refractivity contribution in [1.29, 1.82) is 0 Å². The Bertz CT molecular complexity index is 954. The van der Waals surface area contributed by atoms with Crippen LogP contribution in [0.15, 0.2) is 96.0 Å². The first-order valence-corrected chi connectivity index (χ1v) is 12.6. The van der Waals surface area contributed by atoms with Crippen molar-refractivity contribution in [3.05, 3.63) is 96.6 Å². The van der Waals surface area contributed by atoms with E-state index in [2.05, 4.69) is 95.7 Å². The molecule has 0 bridgehead atoms. The third-order valence-corrected chi connectivity index (χ3v) is 8.63. The second kappa shape index (κ2) is 9.77. The smallest absolute Gasteiger partial charge is 0.201 e. The fourth-order valence-electron chi connectivity index (χ4n) is 4.60. The van der Waals surface area contributed by atoms with Gasteiger partial charge in [-0.15, -0.1) is 0 Å². The summed E-state index contributed by atoms with van der Waals surface area (Å²) in [7, 11) is -0.614. The third kappa shape index (κ3) is 4.74. The monoisotopic (exact) mass is 428 g/mol. The lowest BCUT2D eigenvalue weighted by Crippen LogP contribution is -2.45. The average molecular weight is 429 g/mol. The number of ether oxygens (including phenoxy) is 1. The Labute approximate surface area is 186 Å². The fraction of sp³-hybridized carbons (Fsp3) is 0.296. The van der Waals surface area contributed by atoms with Crippen LogP contribution in [0.3, 0.4) is 0 Å². The van der Waals surface area contributed by atoms with E-state index in [0.717, 1.165) is 25.3 Å². The van der Waals surface area contributed by atoms with Crippen LogP contribution in [0.4, 0.5) is 0 Å². The second-order valence-corrected chi connectivity index (χ2v) is 10.4. The largest absolute Gasteiger partial charge is 0.478 e. The summed E-state index contributed by atoms with van der Waals surface area (Å²) in [4.78, 5) is 5.09. The number of piperidine rings is 1. The van der Waals surface area contributed by atoms with Gasteiger partial charge in [0.05, 0.1) is 12.1 Å². The summed E-state index contributed by atoms with van der Waals surface area (Å²) < 4.78 is 8.94. The molecule has 0 N–H and O–H groups in total. The topological polar surface area (TPSA) is 24.8 Å². The van der Waals surface area contributed by atoms with Gasteiger partial charge in [-0.05, 0) is 35.4 Å². The molecule has 1 fully saturated rings. The van der Waals surface area contributed by atoms with Gasteiger partial charge in [0.1, 0.15) is 6.61 Å². The van der Waals surface area contributed by atoms with E-state index in [4.69, 9.17) is 9.73 Å². The summed E-state index contributed by atoms with van der Waals surface area (Å²) >= 11 is 0. The van der Waals surface area contributed by atoms with Crippen molar-refractivity contribution in [3.63, 3.8) is 0 Å². The quantitative estimate of drug-likeness (QED) is 0.520. The summed E-state index contributed by atoms with van der Waals surface area (Å²) in [6, 6.07) is 33.1. The zero-order valence-corrected chi connectivity index (χ0v) is 18.7. The van der Waals surface area contributed by atoms with Crippen molar-refractivity contribution in [2.45, 2.75) is 37.8 Å². The first-order valence-electron chi connectivity index (χ1n) is 11.3. The van der Waals surface area contributed by atoms with Crippen molar-refractivity contribution < 1.29 is 4.74 Å². The molecule has 158 valence electrons. The van der Waals surface area contributed by atoms with E-state index in [9.17, 15) is 0 Å². The summed E-state index contributed by atoms with van der Waals surface area (Å²) in [6.07, 6.45) is 4.54. The molecule has 3 aromatic rings. The summed E-state index contributed by atoms with van der Waals surface area (Å²) in [5.41, 5.74) is 1.33. The Morgan fingerprint density at radius 1 is 0.806 bits per heavy atom. The zero-order chi connectivity index (χ0) is 20.9. The van der Waals surface area contributed by atoms with Crippen LogP contribution in [0.5, 0.6) is 0 Å². The van der Waals surface area contributed by atoms with Crippen LogP contribution in [0, 0.1) is 0 Å². The molecule has 0 amide bonds. The molecule has 2 heterocycles. The molecule has 3 nitrogen and oxygen atoms in total. The SMILES string of the molecule is c1ccc(C[C@@H]2COC([C@@H]3CCCCN3P(c3ccccc3)c3ccccc3)=N2)cc1. The van der Waals surface area contributed by atoms with Crippen LogP contribution < -0.4 is 10.6 Å². The normalized spacial score (nSPS) is 21.6. The predicted octanol–water partition coefficient (Wildman–Crippen LogP) is 4.93.